The van der Waals surface area contributed by atoms with Crippen molar-refractivity contribution in [3.8, 4) is 0 Å². The molecule has 1 heterocycles. The summed E-state index contributed by atoms with van der Waals surface area (Å²) in [5.74, 6) is -1.27. The Bertz CT molecular complexity index is 505. The molecule has 130 valence electrons. The number of likely N-dealkylation sites (tertiary alicyclic amines) is 1. The molecule has 2 rings (SSSR count). The molecule has 0 aromatic carbocycles. The Morgan fingerprint density at radius 3 is 1.96 bits per heavy atom. The number of nitrogens with zero attached hydrogens (tertiary/aromatic N) is 2. The molecule has 2 aliphatic rings. The van der Waals surface area contributed by atoms with Gasteiger partial charge in [0.25, 0.3) is 0 Å². The van der Waals surface area contributed by atoms with Gasteiger partial charge >= 0.3 is 5.97 Å². The van der Waals surface area contributed by atoms with Crippen LogP contribution in [-0.2, 0) is 14.4 Å². The Morgan fingerprint density at radius 2 is 1.57 bits per heavy atom. The van der Waals surface area contributed by atoms with Crippen molar-refractivity contribution in [3.05, 3.63) is 0 Å². The van der Waals surface area contributed by atoms with Crippen molar-refractivity contribution in [2.45, 2.75) is 40.5 Å². The lowest BCUT2D eigenvalue weighted by Crippen LogP contribution is -2.46. The van der Waals surface area contributed by atoms with E-state index in [0.717, 1.165) is 0 Å². The van der Waals surface area contributed by atoms with Gasteiger partial charge in [0.1, 0.15) is 0 Å². The van der Waals surface area contributed by atoms with Gasteiger partial charge in [-0.25, -0.2) is 0 Å². The van der Waals surface area contributed by atoms with E-state index in [2.05, 4.69) is 27.7 Å². The Kier molecular flexibility index (Phi) is 4.48. The van der Waals surface area contributed by atoms with Gasteiger partial charge in [-0.05, 0) is 23.7 Å². The van der Waals surface area contributed by atoms with Crippen LogP contribution in [0.5, 0.6) is 0 Å². The molecule has 0 atom stereocenters. The number of carbonyl (C=O) groups excluding carboxylic acids is 2. The number of carboxylic acids is 1. The van der Waals surface area contributed by atoms with Gasteiger partial charge < -0.3 is 14.9 Å². The average Bonchev–Trinajstić information content (AvgIpc) is 2.87. The first-order valence-electron chi connectivity index (χ1n) is 8.25. The predicted molar refractivity (Wildman–Crippen MR) is 85.6 cm³/mol. The minimum absolute atomic E-state index is 0.0220. The van der Waals surface area contributed by atoms with E-state index in [9.17, 15) is 14.4 Å². The summed E-state index contributed by atoms with van der Waals surface area (Å²) in [4.78, 5) is 39.1. The third-order valence-electron chi connectivity index (χ3n) is 6.21. The summed E-state index contributed by atoms with van der Waals surface area (Å²) in [6.07, 6.45) is 0.975. The molecule has 0 bridgehead atoms. The van der Waals surface area contributed by atoms with Crippen LogP contribution in [0.3, 0.4) is 0 Å². The van der Waals surface area contributed by atoms with Gasteiger partial charge in [0, 0.05) is 26.1 Å². The minimum Gasteiger partial charge on any atom is -0.481 e. The maximum atomic E-state index is 12.6. The highest BCUT2D eigenvalue weighted by atomic mass is 16.4. The molecule has 6 heteroatoms. The molecule has 0 aromatic heterocycles. The first-order chi connectivity index (χ1) is 10.5. The second-order valence-electron chi connectivity index (χ2n) is 8.06. The van der Waals surface area contributed by atoms with Crippen molar-refractivity contribution >= 4 is 17.8 Å². The first-order valence-corrected chi connectivity index (χ1v) is 8.25. The Hall–Kier alpha value is -1.59. The zero-order valence-electron chi connectivity index (χ0n) is 14.8. The van der Waals surface area contributed by atoms with Crippen LogP contribution in [0.2, 0.25) is 0 Å². The summed E-state index contributed by atoms with van der Waals surface area (Å²) in [6, 6.07) is 0. The third-order valence-corrected chi connectivity index (χ3v) is 6.21. The summed E-state index contributed by atoms with van der Waals surface area (Å²) in [7, 11) is 1.68. The van der Waals surface area contributed by atoms with Crippen molar-refractivity contribution in [2.24, 2.45) is 22.7 Å². The van der Waals surface area contributed by atoms with Crippen molar-refractivity contribution in [2.75, 3.05) is 26.7 Å². The van der Waals surface area contributed by atoms with Gasteiger partial charge in [-0.15, -0.1) is 0 Å². The van der Waals surface area contributed by atoms with Crippen LogP contribution in [-0.4, -0.2) is 59.4 Å². The maximum absolute atomic E-state index is 12.6. The highest BCUT2D eigenvalue weighted by Crippen LogP contribution is 2.68. The predicted octanol–water partition coefficient (Wildman–Crippen LogP) is 1.45. The summed E-state index contributed by atoms with van der Waals surface area (Å²) in [5, 5.41) is 8.99. The summed E-state index contributed by atoms with van der Waals surface area (Å²) in [5.41, 5.74) is -0.0809. The van der Waals surface area contributed by atoms with Crippen molar-refractivity contribution in [1.82, 2.24) is 9.80 Å². The van der Waals surface area contributed by atoms with E-state index in [0.29, 0.717) is 25.9 Å². The number of carboxylic acid groups (broad SMARTS) is 1. The van der Waals surface area contributed by atoms with Gasteiger partial charge in [0.05, 0.1) is 12.5 Å². The summed E-state index contributed by atoms with van der Waals surface area (Å²) in [6.45, 7) is 9.32. The number of piperidine rings is 1. The number of hydrogen-bond donors (Lipinski definition) is 1. The highest BCUT2D eigenvalue weighted by molar-refractivity contribution is 5.88. The van der Waals surface area contributed by atoms with Crippen molar-refractivity contribution in [3.63, 3.8) is 0 Å². The third kappa shape index (κ3) is 3.08. The quantitative estimate of drug-likeness (QED) is 0.849. The van der Waals surface area contributed by atoms with Crippen LogP contribution in [0.1, 0.15) is 40.5 Å². The van der Waals surface area contributed by atoms with Crippen molar-refractivity contribution < 1.29 is 19.5 Å². The second-order valence-corrected chi connectivity index (χ2v) is 8.06. The lowest BCUT2D eigenvalue weighted by molar-refractivity contribution is -0.146. The van der Waals surface area contributed by atoms with Crippen LogP contribution in [0.25, 0.3) is 0 Å². The minimum atomic E-state index is -0.789. The largest absolute Gasteiger partial charge is 0.481 e. The molecule has 1 saturated heterocycles. The normalized spacial score (nSPS) is 23.4. The van der Waals surface area contributed by atoms with E-state index in [-0.39, 0.29) is 41.0 Å². The van der Waals surface area contributed by atoms with E-state index < -0.39 is 5.97 Å². The molecule has 0 radical (unpaired) electrons. The molecule has 0 aromatic rings. The molecule has 1 aliphatic carbocycles. The molecule has 2 fully saturated rings. The van der Waals surface area contributed by atoms with E-state index in [1.807, 2.05) is 0 Å². The fourth-order valence-corrected chi connectivity index (χ4v) is 3.79. The molecule has 0 unspecified atom stereocenters. The molecular weight excluding hydrogens is 296 g/mol. The van der Waals surface area contributed by atoms with Crippen molar-refractivity contribution in [1.29, 1.82) is 0 Å². The van der Waals surface area contributed by atoms with E-state index in [1.165, 1.54) is 4.90 Å². The summed E-state index contributed by atoms with van der Waals surface area (Å²) >= 11 is 0. The Morgan fingerprint density at radius 1 is 1.09 bits per heavy atom. The molecule has 1 N–H and O–H groups in total. The zero-order chi connectivity index (χ0) is 17.6. The van der Waals surface area contributed by atoms with E-state index >= 15 is 0 Å². The number of hydrogen-bond acceptors (Lipinski definition) is 3. The maximum Gasteiger partial charge on any atom is 0.306 e. The van der Waals surface area contributed by atoms with E-state index in [4.69, 9.17) is 5.11 Å². The fourth-order valence-electron chi connectivity index (χ4n) is 3.79. The van der Waals surface area contributed by atoms with Crippen LogP contribution < -0.4 is 0 Å². The molecule has 1 aliphatic heterocycles. The number of rotatable bonds is 4. The highest BCUT2D eigenvalue weighted by Gasteiger charge is 2.68. The van der Waals surface area contributed by atoms with Gasteiger partial charge in [0.15, 0.2) is 0 Å². The summed E-state index contributed by atoms with van der Waals surface area (Å²) < 4.78 is 0. The number of aliphatic carboxylic acids is 1. The molecule has 2 amide bonds. The Labute approximate surface area is 137 Å². The second kappa shape index (κ2) is 5.80. The van der Waals surface area contributed by atoms with Gasteiger partial charge in [0.2, 0.25) is 11.8 Å². The lowest BCUT2D eigenvalue weighted by atomic mass is 9.97. The number of likely N-dealkylation sites (N-methyl/N-ethyl adjacent to an activating group) is 1. The molecule has 23 heavy (non-hydrogen) atoms. The van der Waals surface area contributed by atoms with Gasteiger partial charge in [-0.2, -0.15) is 0 Å². The van der Waals surface area contributed by atoms with Crippen LogP contribution in [0.4, 0.5) is 0 Å². The zero-order valence-corrected chi connectivity index (χ0v) is 14.8. The van der Waals surface area contributed by atoms with Crippen LogP contribution >= 0.6 is 0 Å². The monoisotopic (exact) mass is 324 g/mol. The van der Waals surface area contributed by atoms with Crippen LogP contribution in [0.15, 0.2) is 0 Å². The van der Waals surface area contributed by atoms with Gasteiger partial charge in [-0.1, -0.05) is 27.7 Å². The molecule has 0 spiro atoms. The standard InChI is InChI=1S/C17H28N2O4/c1-16(2)13(17(16,3)4)14(21)18(5)10-12(20)19-8-6-11(7-9-19)15(22)23/h11,13H,6-10H2,1-5H3,(H,22,23). The molecule has 1 saturated carbocycles. The number of carbonyl (C=O) groups is 3. The lowest BCUT2D eigenvalue weighted by Gasteiger charge is -2.31. The average molecular weight is 324 g/mol. The smallest absolute Gasteiger partial charge is 0.306 e. The molecular formula is C17H28N2O4. The van der Waals surface area contributed by atoms with E-state index in [1.54, 1.807) is 11.9 Å². The first kappa shape index (κ1) is 17.8. The topological polar surface area (TPSA) is 77.9 Å². The fraction of sp³-hybridized carbons (Fsp3) is 0.824. The number of amides is 2. The van der Waals surface area contributed by atoms with Crippen LogP contribution in [0, 0.1) is 22.7 Å². The molecule has 6 nitrogen and oxygen atoms in total. The SMILES string of the molecule is CN(CC(=O)N1CCC(C(=O)O)CC1)C(=O)C1C(C)(C)C1(C)C. The van der Waals surface area contributed by atoms with Gasteiger partial charge in [-0.3, -0.25) is 14.4 Å². The Balaban J connectivity index is 1.87.